The molecule has 2 saturated heterocycles. The molecule has 1 N–H and O–H groups in total. The summed E-state index contributed by atoms with van der Waals surface area (Å²) in [7, 11) is -3.85. The molecule has 0 bridgehead atoms. The van der Waals surface area contributed by atoms with Crippen LogP contribution in [0.15, 0.2) is 23.1 Å². The molecule has 0 spiro atoms. The standard InChI is InChI=1S/C15H21N3O6S/c19-18(20)12-3-4-14(16-11-13-2-1-7-24-13)15(10-12)25(21,22)17-5-8-23-9-6-17/h3-4,10,13,16H,1-2,5-9,11H2. The molecule has 10 heteroatoms. The fourth-order valence-corrected chi connectivity index (χ4v) is 4.53. The molecular weight excluding hydrogens is 350 g/mol. The smallest absolute Gasteiger partial charge is 0.270 e. The van der Waals surface area contributed by atoms with Crippen molar-refractivity contribution in [3.8, 4) is 0 Å². The SMILES string of the molecule is O=[N+]([O-])c1ccc(NCC2CCCO2)c(S(=O)(=O)N2CCOCC2)c1. The molecule has 1 unspecified atom stereocenters. The van der Waals surface area contributed by atoms with E-state index in [-0.39, 0.29) is 29.8 Å². The van der Waals surface area contributed by atoms with Gasteiger partial charge in [0.25, 0.3) is 5.69 Å². The van der Waals surface area contributed by atoms with Gasteiger partial charge in [0, 0.05) is 38.4 Å². The second-order valence-corrected chi connectivity index (χ2v) is 7.88. The van der Waals surface area contributed by atoms with Gasteiger partial charge < -0.3 is 14.8 Å². The van der Waals surface area contributed by atoms with Crippen LogP contribution in [-0.4, -0.2) is 63.2 Å². The maximum Gasteiger partial charge on any atom is 0.270 e. The maximum absolute atomic E-state index is 13.0. The predicted octanol–water partition coefficient (Wildman–Crippen LogP) is 1.21. The highest BCUT2D eigenvalue weighted by Crippen LogP contribution is 2.30. The average molecular weight is 371 g/mol. The molecule has 2 heterocycles. The topological polar surface area (TPSA) is 111 Å². The third-order valence-electron chi connectivity index (χ3n) is 4.31. The molecule has 0 aliphatic carbocycles. The molecule has 2 aliphatic heterocycles. The summed E-state index contributed by atoms with van der Waals surface area (Å²) in [5.74, 6) is 0. The fourth-order valence-electron chi connectivity index (χ4n) is 2.94. The summed E-state index contributed by atoms with van der Waals surface area (Å²) in [4.78, 5) is 10.4. The highest BCUT2D eigenvalue weighted by atomic mass is 32.2. The van der Waals surface area contributed by atoms with Gasteiger partial charge in [0.15, 0.2) is 0 Å². The van der Waals surface area contributed by atoms with Crippen LogP contribution in [0.1, 0.15) is 12.8 Å². The van der Waals surface area contributed by atoms with E-state index < -0.39 is 14.9 Å². The quantitative estimate of drug-likeness (QED) is 0.591. The fraction of sp³-hybridized carbons (Fsp3) is 0.600. The number of hydrogen-bond acceptors (Lipinski definition) is 7. The molecule has 2 fully saturated rings. The van der Waals surface area contributed by atoms with E-state index in [1.54, 1.807) is 0 Å². The van der Waals surface area contributed by atoms with Crippen LogP contribution < -0.4 is 5.32 Å². The Bertz CT molecular complexity index is 727. The summed E-state index contributed by atoms with van der Waals surface area (Å²) >= 11 is 0. The third kappa shape index (κ3) is 4.09. The minimum absolute atomic E-state index is 0.0223. The first-order valence-corrected chi connectivity index (χ1v) is 9.64. The number of nitrogens with zero attached hydrogens (tertiary/aromatic N) is 2. The zero-order valence-corrected chi connectivity index (χ0v) is 14.5. The Hall–Kier alpha value is -1.75. The first-order chi connectivity index (χ1) is 12.0. The monoisotopic (exact) mass is 371 g/mol. The average Bonchev–Trinajstić information content (AvgIpc) is 3.14. The lowest BCUT2D eigenvalue weighted by molar-refractivity contribution is -0.385. The van der Waals surface area contributed by atoms with Crippen molar-refractivity contribution in [2.24, 2.45) is 0 Å². The van der Waals surface area contributed by atoms with E-state index in [4.69, 9.17) is 9.47 Å². The number of nitro groups is 1. The van der Waals surface area contributed by atoms with Crippen LogP contribution >= 0.6 is 0 Å². The van der Waals surface area contributed by atoms with Gasteiger partial charge in [-0.25, -0.2) is 8.42 Å². The van der Waals surface area contributed by atoms with Gasteiger partial charge in [0.1, 0.15) is 4.90 Å². The molecule has 2 aliphatic rings. The Morgan fingerprint density at radius 1 is 1.28 bits per heavy atom. The van der Waals surface area contributed by atoms with Crippen LogP contribution in [0.5, 0.6) is 0 Å². The number of hydrogen-bond donors (Lipinski definition) is 1. The molecule has 1 atom stereocenters. The summed E-state index contributed by atoms with van der Waals surface area (Å²) in [5, 5.41) is 14.2. The third-order valence-corrected chi connectivity index (χ3v) is 6.25. The molecule has 0 amide bonds. The molecule has 25 heavy (non-hydrogen) atoms. The summed E-state index contributed by atoms with van der Waals surface area (Å²) in [6.07, 6.45) is 1.91. The second-order valence-electron chi connectivity index (χ2n) is 5.97. The number of benzene rings is 1. The Morgan fingerprint density at radius 3 is 2.68 bits per heavy atom. The van der Waals surface area contributed by atoms with Gasteiger partial charge in [-0.3, -0.25) is 10.1 Å². The van der Waals surface area contributed by atoms with E-state index in [9.17, 15) is 18.5 Å². The molecule has 1 aromatic rings. The van der Waals surface area contributed by atoms with E-state index in [2.05, 4.69) is 5.32 Å². The Morgan fingerprint density at radius 2 is 2.04 bits per heavy atom. The summed E-state index contributed by atoms with van der Waals surface area (Å²) < 4.78 is 37.9. The number of non-ortho nitro benzene ring substituents is 1. The Kier molecular flexibility index (Phi) is 5.52. The van der Waals surface area contributed by atoms with E-state index in [0.717, 1.165) is 18.9 Å². The number of sulfonamides is 1. The van der Waals surface area contributed by atoms with Crippen molar-refractivity contribution in [3.05, 3.63) is 28.3 Å². The van der Waals surface area contributed by atoms with E-state index in [0.29, 0.717) is 32.1 Å². The summed E-state index contributed by atoms with van der Waals surface area (Å²) in [5.41, 5.74) is 0.0992. The summed E-state index contributed by atoms with van der Waals surface area (Å²) in [6.45, 7) is 2.25. The van der Waals surface area contributed by atoms with Crippen LogP contribution in [-0.2, 0) is 19.5 Å². The highest BCUT2D eigenvalue weighted by molar-refractivity contribution is 7.89. The molecular formula is C15H21N3O6S. The number of nitrogens with one attached hydrogen (secondary N) is 1. The highest BCUT2D eigenvalue weighted by Gasteiger charge is 2.30. The largest absolute Gasteiger partial charge is 0.381 e. The zero-order chi connectivity index (χ0) is 17.9. The van der Waals surface area contributed by atoms with Crippen molar-refractivity contribution < 1.29 is 22.8 Å². The second kappa shape index (κ2) is 7.65. The predicted molar refractivity (Wildman–Crippen MR) is 90.1 cm³/mol. The zero-order valence-electron chi connectivity index (χ0n) is 13.7. The van der Waals surface area contributed by atoms with E-state index >= 15 is 0 Å². The Labute approximate surface area is 146 Å². The molecule has 0 radical (unpaired) electrons. The number of ether oxygens (including phenoxy) is 2. The molecule has 0 aromatic heterocycles. The van der Waals surface area contributed by atoms with Gasteiger partial charge in [-0.2, -0.15) is 4.31 Å². The van der Waals surface area contributed by atoms with Crippen molar-refractivity contribution in [3.63, 3.8) is 0 Å². The van der Waals surface area contributed by atoms with Crippen molar-refractivity contribution >= 4 is 21.4 Å². The first kappa shape index (κ1) is 18.1. The van der Waals surface area contributed by atoms with Crippen LogP contribution in [0.4, 0.5) is 11.4 Å². The van der Waals surface area contributed by atoms with Crippen LogP contribution in [0, 0.1) is 10.1 Å². The van der Waals surface area contributed by atoms with E-state index in [1.165, 1.54) is 16.4 Å². The van der Waals surface area contributed by atoms with Crippen molar-refractivity contribution in [1.82, 2.24) is 4.31 Å². The number of morpholine rings is 1. The molecule has 0 saturated carbocycles. The Balaban J connectivity index is 1.89. The lowest BCUT2D eigenvalue weighted by atomic mass is 10.2. The summed E-state index contributed by atoms with van der Waals surface area (Å²) in [6, 6.07) is 3.86. The minimum atomic E-state index is -3.85. The van der Waals surface area contributed by atoms with Gasteiger partial charge in [-0.15, -0.1) is 0 Å². The molecule has 3 rings (SSSR count). The molecule has 9 nitrogen and oxygen atoms in total. The van der Waals surface area contributed by atoms with Crippen LogP contribution in [0.2, 0.25) is 0 Å². The normalized spacial score (nSPS) is 22.0. The minimum Gasteiger partial charge on any atom is -0.381 e. The van der Waals surface area contributed by atoms with Crippen molar-refractivity contribution in [2.45, 2.75) is 23.8 Å². The van der Waals surface area contributed by atoms with Crippen molar-refractivity contribution in [1.29, 1.82) is 0 Å². The van der Waals surface area contributed by atoms with Crippen LogP contribution in [0.25, 0.3) is 0 Å². The van der Waals surface area contributed by atoms with E-state index in [1.807, 2.05) is 0 Å². The first-order valence-electron chi connectivity index (χ1n) is 8.20. The molecule has 138 valence electrons. The van der Waals surface area contributed by atoms with Crippen molar-refractivity contribution in [2.75, 3.05) is 44.8 Å². The van der Waals surface area contributed by atoms with Gasteiger partial charge >= 0.3 is 0 Å². The maximum atomic E-state index is 13.0. The van der Waals surface area contributed by atoms with Gasteiger partial charge in [-0.1, -0.05) is 0 Å². The number of nitro benzene ring substituents is 1. The van der Waals surface area contributed by atoms with Gasteiger partial charge in [-0.05, 0) is 18.9 Å². The van der Waals surface area contributed by atoms with Crippen LogP contribution in [0.3, 0.4) is 0 Å². The lowest BCUT2D eigenvalue weighted by Crippen LogP contribution is -2.40. The van der Waals surface area contributed by atoms with Gasteiger partial charge in [0.2, 0.25) is 10.0 Å². The number of rotatable bonds is 6. The number of anilines is 1. The lowest BCUT2D eigenvalue weighted by Gasteiger charge is -2.27. The molecule has 1 aromatic carbocycles. The van der Waals surface area contributed by atoms with Gasteiger partial charge in [0.05, 0.1) is 29.9 Å².